The maximum Gasteiger partial charge on any atom is 0.227 e. The first-order valence-corrected chi connectivity index (χ1v) is 11.9. The number of fused-ring (bicyclic) bond motifs is 1. The normalized spacial score (nSPS) is 11.9. The number of nitrogens with one attached hydrogen (secondary N) is 1. The molecule has 0 fully saturated rings. The first-order valence-electron chi connectivity index (χ1n) is 11.5. The molecule has 182 valence electrons. The van der Waals surface area contributed by atoms with Gasteiger partial charge in [-0.05, 0) is 61.0 Å². The van der Waals surface area contributed by atoms with Gasteiger partial charge in [0.1, 0.15) is 30.0 Å². The van der Waals surface area contributed by atoms with Gasteiger partial charge in [-0.2, -0.15) is 0 Å². The molecule has 4 aromatic rings. The smallest absolute Gasteiger partial charge is 0.227 e. The average molecular weight is 494 g/mol. The van der Waals surface area contributed by atoms with Crippen molar-refractivity contribution in [3.8, 4) is 11.5 Å². The van der Waals surface area contributed by atoms with Crippen LogP contribution >= 0.6 is 11.6 Å². The first-order chi connectivity index (χ1) is 17.0. The molecule has 1 atom stereocenters. The number of aliphatic hydroxyl groups excluding tert-OH is 1. The van der Waals surface area contributed by atoms with E-state index in [4.69, 9.17) is 21.1 Å². The molecule has 1 aromatic heterocycles. The Morgan fingerprint density at radius 2 is 1.71 bits per heavy atom. The predicted molar refractivity (Wildman–Crippen MR) is 136 cm³/mol. The number of rotatable bonds is 11. The van der Waals surface area contributed by atoms with Crippen molar-refractivity contribution in [1.29, 1.82) is 0 Å². The number of carbonyl (C=O) groups excluding carboxylic acids is 1. The van der Waals surface area contributed by atoms with E-state index in [0.29, 0.717) is 29.7 Å². The second-order valence-electron chi connectivity index (χ2n) is 8.08. The predicted octanol–water partition coefficient (Wildman–Crippen LogP) is 4.39. The number of amides is 1. The van der Waals surface area contributed by atoms with Crippen LogP contribution in [0.1, 0.15) is 18.3 Å². The SMILES string of the molecule is CCOc1ccc(OCC(O)Cn2c(CC(=O)NCc3ccc(Cl)cc3)nc3ccccc32)cc1. The van der Waals surface area contributed by atoms with Gasteiger partial charge in [-0.1, -0.05) is 35.9 Å². The minimum atomic E-state index is -0.796. The zero-order valence-electron chi connectivity index (χ0n) is 19.5. The molecule has 2 N–H and O–H groups in total. The van der Waals surface area contributed by atoms with E-state index >= 15 is 0 Å². The standard InChI is InChI=1S/C27H28ClN3O4/c1-2-34-22-11-13-23(14-12-22)35-18-21(32)17-31-25-6-4-3-5-24(25)30-26(31)15-27(33)29-16-19-7-9-20(28)10-8-19/h3-14,21,32H,2,15-18H2,1H3,(H,29,33). The summed E-state index contributed by atoms with van der Waals surface area (Å²) in [7, 11) is 0. The maximum absolute atomic E-state index is 12.7. The van der Waals surface area contributed by atoms with Crippen molar-refractivity contribution in [3.05, 3.63) is 89.2 Å². The van der Waals surface area contributed by atoms with Crippen molar-refractivity contribution in [2.45, 2.75) is 32.5 Å². The summed E-state index contributed by atoms with van der Waals surface area (Å²) in [5, 5.41) is 14.3. The second-order valence-corrected chi connectivity index (χ2v) is 8.51. The molecule has 8 heteroatoms. The van der Waals surface area contributed by atoms with Gasteiger partial charge in [-0.3, -0.25) is 4.79 Å². The van der Waals surface area contributed by atoms with E-state index in [9.17, 15) is 9.90 Å². The fraction of sp³-hybridized carbons (Fsp3) is 0.259. The lowest BCUT2D eigenvalue weighted by atomic mass is 10.2. The lowest BCUT2D eigenvalue weighted by Gasteiger charge is -2.16. The Balaban J connectivity index is 1.40. The second kappa shape index (κ2) is 11.7. The van der Waals surface area contributed by atoms with Gasteiger partial charge in [-0.15, -0.1) is 0 Å². The number of ether oxygens (including phenoxy) is 2. The molecule has 0 aliphatic rings. The van der Waals surface area contributed by atoms with Gasteiger partial charge in [-0.25, -0.2) is 4.98 Å². The van der Waals surface area contributed by atoms with Crippen LogP contribution in [0.15, 0.2) is 72.8 Å². The number of halogens is 1. The van der Waals surface area contributed by atoms with E-state index in [1.54, 1.807) is 24.3 Å². The highest BCUT2D eigenvalue weighted by molar-refractivity contribution is 6.30. The number of aromatic nitrogens is 2. The monoisotopic (exact) mass is 493 g/mol. The van der Waals surface area contributed by atoms with Crippen LogP contribution in [0.4, 0.5) is 0 Å². The molecule has 1 amide bonds. The van der Waals surface area contributed by atoms with Crippen LogP contribution in [0, 0.1) is 0 Å². The number of hydrogen-bond acceptors (Lipinski definition) is 5. The van der Waals surface area contributed by atoms with Crippen LogP contribution in [-0.4, -0.2) is 39.9 Å². The number of aliphatic hydroxyl groups is 1. The number of nitrogens with zero attached hydrogens (tertiary/aromatic N) is 2. The zero-order chi connectivity index (χ0) is 24.6. The highest BCUT2D eigenvalue weighted by atomic mass is 35.5. The summed E-state index contributed by atoms with van der Waals surface area (Å²) in [4.78, 5) is 17.3. The zero-order valence-corrected chi connectivity index (χ0v) is 20.2. The molecular formula is C27H28ClN3O4. The molecule has 35 heavy (non-hydrogen) atoms. The number of imidazole rings is 1. The summed E-state index contributed by atoms with van der Waals surface area (Å²) in [6.45, 7) is 3.27. The molecule has 7 nitrogen and oxygen atoms in total. The molecule has 0 aliphatic heterocycles. The maximum atomic E-state index is 12.7. The molecular weight excluding hydrogens is 466 g/mol. The fourth-order valence-corrected chi connectivity index (χ4v) is 3.85. The Bertz CT molecular complexity index is 1260. The Morgan fingerprint density at radius 3 is 2.43 bits per heavy atom. The summed E-state index contributed by atoms with van der Waals surface area (Å²) in [5.41, 5.74) is 2.58. The third-order valence-corrected chi connectivity index (χ3v) is 5.68. The van der Waals surface area contributed by atoms with Gasteiger partial charge in [0.25, 0.3) is 0 Å². The van der Waals surface area contributed by atoms with Gasteiger partial charge < -0.3 is 24.5 Å². The van der Waals surface area contributed by atoms with E-state index in [-0.39, 0.29) is 25.5 Å². The van der Waals surface area contributed by atoms with E-state index in [0.717, 1.165) is 22.3 Å². The van der Waals surface area contributed by atoms with Crippen LogP contribution in [-0.2, 0) is 24.3 Å². The Kier molecular flexibility index (Phi) is 8.23. The Morgan fingerprint density at radius 1 is 1.03 bits per heavy atom. The van der Waals surface area contributed by atoms with E-state index in [2.05, 4.69) is 10.3 Å². The summed E-state index contributed by atoms with van der Waals surface area (Å²) in [6.07, 6.45) is -0.704. The van der Waals surface area contributed by atoms with Gasteiger partial charge in [0, 0.05) is 11.6 Å². The highest BCUT2D eigenvalue weighted by Gasteiger charge is 2.17. The van der Waals surface area contributed by atoms with E-state index in [1.807, 2.05) is 60.0 Å². The largest absolute Gasteiger partial charge is 0.494 e. The van der Waals surface area contributed by atoms with Crippen LogP contribution in [0.2, 0.25) is 5.02 Å². The first kappa shape index (κ1) is 24.6. The molecule has 3 aromatic carbocycles. The lowest BCUT2D eigenvalue weighted by molar-refractivity contribution is -0.120. The Hall–Kier alpha value is -3.55. The third-order valence-electron chi connectivity index (χ3n) is 5.43. The molecule has 0 saturated heterocycles. The molecule has 0 saturated carbocycles. The van der Waals surface area contributed by atoms with Crippen LogP contribution in [0.3, 0.4) is 0 Å². The van der Waals surface area contributed by atoms with Gasteiger partial charge >= 0.3 is 0 Å². The molecule has 1 heterocycles. The Labute approximate surface area is 209 Å². The van der Waals surface area contributed by atoms with Gasteiger partial charge in [0.15, 0.2) is 0 Å². The number of hydrogen-bond donors (Lipinski definition) is 2. The van der Waals surface area contributed by atoms with E-state index in [1.165, 1.54) is 0 Å². The van der Waals surface area contributed by atoms with Crippen LogP contribution in [0.5, 0.6) is 11.5 Å². The topological polar surface area (TPSA) is 85.6 Å². The third kappa shape index (κ3) is 6.74. The summed E-state index contributed by atoms with van der Waals surface area (Å²) in [5.74, 6) is 1.84. The van der Waals surface area contributed by atoms with Crippen molar-refractivity contribution in [2.75, 3.05) is 13.2 Å². The van der Waals surface area contributed by atoms with Crippen molar-refractivity contribution in [1.82, 2.24) is 14.9 Å². The molecule has 0 aliphatic carbocycles. The molecule has 0 radical (unpaired) electrons. The molecule has 0 spiro atoms. The van der Waals surface area contributed by atoms with Gasteiger partial charge in [0.05, 0.1) is 30.6 Å². The van der Waals surface area contributed by atoms with Crippen LogP contribution < -0.4 is 14.8 Å². The fourth-order valence-electron chi connectivity index (χ4n) is 3.73. The number of carbonyl (C=O) groups is 1. The quantitative estimate of drug-likeness (QED) is 0.324. The van der Waals surface area contributed by atoms with Gasteiger partial charge in [0.2, 0.25) is 5.91 Å². The van der Waals surface area contributed by atoms with E-state index < -0.39 is 6.10 Å². The van der Waals surface area contributed by atoms with Crippen molar-refractivity contribution in [3.63, 3.8) is 0 Å². The highest BCUT2D eigenvalue weighted by Crippen LogP contribution is 2.20. The minimum Gasteiger partial charge on any atom is -0.494 e. The minimum absolute atomic E-state index is 0.0920. The molecule has 0 bridgehead atoms. The van der Waals surface area contributed by atoms with Crippen LogP contribution in [0.25, 0.3) is 11.0 Å². The van der Waals surface area contributed by atoms with Crippen molar-refractivity contribution < 1.29 is 19.4 Å². The summed E-state index contributed by atoms with van der Waals surface area (Å²) >= 11 is 5.92. The summed E-state index contributed by atoms with van der Waals surface area (Å²) in [6, 6.07) is 22.2. The van der Waals surface area contributed by atoms with Crippen molar-refractivity contribution in [2.24, 2.45) is 0 Å². The average Bonchev–Trinajstić information content (AvgIpc) is 3.20. The summed E-state index contributed by atoms with van der Waals surface area (Å²) < 4.78 is 13.1. The number of benzene rings is 3. The molecule has 1 unspecified atom stereocenters. The lowest BCUT2D eigenvalue weighted by Crippen LogP contribution is -2.28. The molecule has 4 rings (SSSR count). The number of para-hydroxylation sites is 2. The van der Waals surface area contributed by atoms with Crippen molar-refractivity contribution >= 4 is 28.5 Å².